The summed E-state index contributed by atoms with van der Waals surface area (Å²) in [5.41, 5.74) is 1.99. The van der Waals surface area contributed by atoms with E-state index in [2.05, 4.69) is 41.4 Å². The molecule has 1 saturated heterocycles. The number of carbonyl (C=O) groups excluding carboxylic acids is 1. The van der Waals surface area contributed by atoms with Gasteiger partial charge in [-0.05, 0) is 98.6 Å². The first-order valence-electron chi connectivity index (χ1n) is 15.8. The molecule has 236 valence electrons. The van der Waals surface area contributed by atoms with E-state index in [0.29, 0.717) is 34.6 Å². The summed E-state index contributed by atoms with van der Waals surface area (Å²) in [6, 6.07) is 21.6. The lowest BCUT2D eigenvalue weighted by Crippen LogP contribution is -2.44. The minimum atomic E-state index is -4.32. The van der Waals surface area contributed by atoms with E-state index >= 15 is 0 Å². The number of ether oxygens (including phenoxy) is 1. The van der Waals surface area contributed by atoms with Crippen molar-refractivity contribution < 1.29 is 22.7 Å². The van der Waals surface area contributed by atoms with Crippen molar-refractivity contribution in [1.29, 1.82) is 0 Å². The van der Waals surface area contributed by atoms with Crippen molar-refractivity contribution in [3.63, 3.8) is 0 Å². The van der Waals surface area contributed by atoms with Crippen molar-refractivity contribution >= 4 is 17.5 Å². The Labute approximate surface area is 263 Å². The van der Waals surface area contributed by atoms with Crippen LogP contribution in [0.1, 0.15) is 78.9 Å². The van der Waals surface area contributed by atoms with E-state index in [1.165, 1.54) is 17.7 Å². The second-order valence-electron chi connectivity index (χ2n) is 12.5. The molecule has 3 atom stereocenters. The summed E-state index contributed by atoms with van der Waals surface area (Å²) in [6.07, 6.45) is 2.66. The summed E-state index contributed by atoms with van der Waals surface area (Å²) < 4.78 is 45.8. The minimum absolute atomic E-state index is 0.00482. The first-order valence-corrected chi connectivity index (χ1v) is 16.2. The Morgan fingerprint density at radius 3 is 2.39 bits per heavy atom. The standard InChI is InChI=1S/C36H42ClF3N2O2/c1-25-13-15-32(12-6-10-28(25)21-27-9-5-11-30(22-27)36(38,39)40)44-34-16-14-29(23-33(34)37)35(43)41-31-17-19-42(20-18-31)24-26-7-3-2-4-8-26/h2-5,7-9,11,14,16,22-23,25,28,31-32H,6,10,12-13,15,17-21,24H2,1H3,(H,41,43). The van der Waals surface area contributed by atoms with Crippen molar-refractivity contribution in [1.82, 2.24) is 10.2 Å². The predicted octanol–water partition coefficient (Wildman–Crippen LogP) is 8.96. The highest BCUT2D eigenvalue weighted by Gasteiger charge is 2.31. The summed E-state index contributed by atoms with van der Waals surface area (Å²) in [5, 5.41) is 3.60. The van der Waals surface area contributed by atoms with Crippen LogP contribution in [0.4, 0.5) is 13.2 Å². The monoisotopic (exact) mass is 626 g/mol. The van der Waals surface area contributed by atoms with E-state index in [1.807, 2.05) is 6.07 Å². The highest BCUT2D eigenvalue weighted by Crippen LogP contribution is 2.35. The molecule has 1 aliphatic heterocycles. The Morgan fingerprint density at radius 2 is 1.66 bits per heavy atom. The zero-order chi connectivity index (χ0) is 31.1. The van der Waals surface area contributed by atoms with E-state index < -0.39 is 11.7 Å². The van der Waals surface area contributed by atoms with Crippen LogP contribution in [0.5, 0.6) is 5.75 Å². The molecule has 2 fully saturated rings. The quantitative estimate of drug-likeness (QED) is 0.271. The molecule has 4 nitrogen and oxygen atoms in total. The number of hydrogen-bond acceptors (Lipinski definition) is 3. The highest BCUT2D eigenvalue weighted by molar-refractivity contribution is 6.32. The first kappa shape index (κ1) is 32.4. The van der Waals surface area contributed by atoms with Crippen LogP contribution < -0.4 is 10.1 Å². The summed E-state index contributed by atoms with van der Waals surface area (Å²) in [4.78, 5) is 15.4. The molecule has 3 aromatic rings. The van der Waals surface area contributed by atoms with Crippen molar-refractivity contribution in [2.75, 3.05) is 13.1 Å². The fourth-order valence-electron chi connectivity index (χ4n) is 6.58. The molecule has 1 N–H and O–H groups in total. The number of piperidine rings is 1. The van der Waals surface area contributed by atoms with Crippen LogP contribution in [-0.4, -0.2) is 36.0 Å². The minimum Gasteiger partial charge on any atom is -0.489 e. The fourth-order valence-corrected chi connectivity index (χ4v) is 6.81. The molecule has 1 aliphatic carbocycles. The van der Waals surface area contributed by atoms with Crippen LogP contribution in [0.3, 0.4) is 0 Å². The van der Waals surface area contributed by atoms with E-state index in [-0.39, 0.29) is 18.1 Å². The van der Waals surface area contributed by atoms with Gasteiger partial charge in [-0.2, -0.15) is 13.2 Å². The zero-order valence-electron chi connectivity index (χ0n) is 25.3. The topological polar surface area (TPSA) is 41.6 Å². The van der Waals surface area contributed by atoms with Crippen LogP contribution in [0.15, 0.2) is 72.8 Å². The number of benzene rings is 3. The van der Waals surface area contributed by atoms with Gasteiger partial charge in [-0.25, -0.2) is 0 Å². The molecule has 1 amide bonds. The van der Waals surface area contributed by atoms with Crippen LogP contribution in [0, 0.1) is 11.8 Å². The third-order valence-corrected chi connectivity index (χ3v) is 9.56. The van der Waals surface area contributed by atoms with Crippen molar-refractivity contribution in [2.45, 2.75) is 83.2 Å². The molecule has 0 radical (unpaired) electrons. The van der Waals surface area contributed by atoms with Gasteiger partial charge >= 0.3 is 6.18 Å². The Kier molecular flexibility index (Phi) is 10.9. The van der Waals surface area contributed by atoms with Crippen LogP contribution >= 0.6 is 11.6 Å². The smallest absolute Gasteiger partial charge is 0.416 e. The van der Waals surface area contributed by atoms with Gasteiger partial charge in [-0.15, -0.1) is 0 Å². The van der Waals surface area contributed by atoms with E-state index in [9.17, 15) is 18.0 Å². The number of halogens is 4. The molecule has 3 unspecified atom stereocenters. The van der Waals surface area contributed by atoms with Gasteiger partial charge in [0.25, 0.3) is 5.91 Å². The molecule has 3 aromatic carbocycles. The summed E-state index contributed by atoms with van der Waals surface area (Å²) in [5.74, 6) is 1.15. The number of likely N-dealkylation sites (tertiary alicyclic amines) is 1. The molecule has 44 heavy (non-hydrogen) atoms. The number of hydrogen-bond donors (Lipinski definition) is 1. The SMILES string of the molecule is CC1CCC(Oc2ccc(C(=O)NC3CCN(Cc4ccccc4)CC3)cc2Cl)CCCC1Cc1cccc(C(F)(F)F)c1. The lowest BCUT2D eigenvalue weighted by Gasteiger charge is -2.32. The molecule has 8 heteroatoms. The van der Waals surface area contributed by atoms with E-state index in [0.717, 1.165) is 76.2 Å². The number of alkyl halides is 3. The lowest BCUT2D eigenvalue weighted by molar-refractivity contribution is -0.137. The van der Waals surface area contributed by atoms with E-state index in [1.54, 1.807) is 24.3 Å². The Bertz CT molecular complexity index is 1380. The maximum absolute atomic E-state index is 13.2. The summed E-state index contributed by atoms with van der Waals surface area (Å²) >= 11 is 6.60. The second-order valence-corrected chi connectivity index (χ2v) is 12.9. The molecule has 0 aromatic heterocycles. The number of carbonyl (C=O) groups is 1. The lowest BCUT2D eigenvalue weighted by atomic mass is 9.78. The van der Waals surface area contributed by atoms with Gasteiger partial charge in [0.1, 0.15) is 5.75 Å². The number of rotatable bonds is 8. The third kappa shape index (κ3) is 9.01. The number of nitrogens with one attached hydrogen (secondary N) is 1. The number of amides is 1. The molecule has 0 spiro atoms. The largest absolute Gasteiger partial charge is 0.489 e. The second kappa shape index (κ2) is 14.8. The average molecular weight is 627 g/mol. The first-order chi connectivity index (χ1) is 21.1. The third-order valence-electron chi connectivity index (χ3n) is 9.26. The van der Waals surface area contributed by atoms with Gasteiger partial charge in [0.15, 0.2) is 0 Å². The molecule has 0 bridgehead atoms. The molecular weight excluding hydrogens is 585 g/mol. The normalized spacial score (nSPS) is 22.2. The van der Waals surface area contributed by atoms with Crippen LogP contribution in [0.2, 0.25) is 5.02 Å². The molecule has 1 saturated carbocycles. The summed E-state index contributed by atoms with van der Waals surface area (Å²) in [7, 11) is 0. The van der Waals surface area contributed by atoms with Crippen LogP contribution in [-0.2, 0) is 19.1 Å². The van der Waals surface area contributed by atoms with Crippen molar-refractivity contribution in [3.05, 3.63) is 100 Å². The highest BCUT2D eigenvalue weighted by atomic mass is 35.5. The fraction of sp³-hybridized carbons (Fsp3) is 0.472. The Morgan fingerprint density at radius 1 is 0.909 bits per heavy atom. The maximum atomic E-state index is 13.2. The summed E-state index contributed by atoms with van der Waals surface area (Å²) in [6.45, 7) is 5.01. The van der Waals surface area contributed by atoms with Gasteiger partial charge in [-0.3, -0.25) is 9.69 Å². The molecule has 1 heterocycles. The van der Waals surface area contributed by atoms with Crippen molar-refractivity contribution in [3.8, 4) is 5.75 Å². The van der Waals surface area contributed by atoms with Gasteiger partial charge in [0.05, 0.1) is 16.7 Å². The number of nitrogens with zero attached hydrogens (tertiary/aromatic N) is 1. The van der Waals surface area contributed by atoms with Crippen molar-refractivity contribution in [2.24, 2.45) is 11.8 Å². The molecular formula is C36H42ClF3N2O2. The maximum Gasteiger partial charge on any atom is 0.416 e. The molecule has 5 rings (SSSR count). The van der Waals surface area contributed by atoms with Gasteiger partial charge < -0.3 is 10.1 Å². The van der Waals surface area contributed by atoms with Crippen LogP contribution in [0.25, 0.3) is 0 Å². The van der Waals surface area contributed by atoms with Gasteiger partial charge in [0.2, 0.25) is 0 Å². The van der Waals surface area contributed by atoms with Gasteiger partial charge in [0, 0.05) is 31.2 Å². The average Bonchev–Trinajstić information content (AvgIpc) is 3.00. The Hall–Kier alpha value is -3.03. The molecule has 2 aliphatic rings. The van der Waals surface area contributed by atoms with Gasteiger partial charge in [-0.1, -0.05) is 67.1 Å². The Balaban J connectivity index is 1.08. The van der Waals surface area contributed by atoms with E-state index in [4.69, 9.17) is 16.3 Å². The zero-order valence-corrected chi connectivity index (χ0v) is 26.0. The predicted molar refractivity (Wildman–Crippen MR) is 169 cm³/mol.